The van der Waals surface area contributed by atoms with Crippen LogP contribution in [0.15, 0.2) is 11.8 Å². The largest absolute Gasteiger partial charge is 0.382 e. The van der Waals surface area contributed by atoms with E-state index in [0.717, 1.165) is 0 Å². The number of hydrogen-bond acceptors (Lipinski definition) is 3. The molecule has 0 unspecified atom stereocenters. The quantitative estimate of drug-likeness (QED) is 0.487. The maximum absolute atomic E-state index is 11.4. The van der Waals surface area contributed by atoms with Gasteiger partial charge in [-0.3, -0.25) is 4.79 Å². The van der Waals surface area contributed by atoms with Crippen LogP contribution in [0.2, 0.25) is 0 Å². The van der Waals surface area contributed by atoms with Gasteiger partial charge in [-0.15, -0.1) is 0 Å². The van der Waals surface area contributed by atoms with Gasteiger partial charge in [-0.2, -0.15) is 5.26 Å². The summed E-state index contributed by atoms with van der Waals surface area (Å²) in [5, 5.41) is 8.69. The lowest BCUT2D eigenvalue weighted by molar-refractivity contribution is -0.115. The third kappa shape index (κ3) is 5.02. The summed E-state index contributed by atoms with van der Waals surface area (Å²) in [6.45, 7) is 3.92. The lowest BCUT2D eigenvalue weighted by Crippen LogP contribution is -2.10. The van der Waals surface area contributed by atoms with Gasteiger partial charge in [0.25, 0.3) is 0 Å². The van der Waals surface area contributed by atoms with Gasteiger partial charge in [-0.05, 0) is 5.92 Å². The molecular weight excluding hydrogens is 164 g/mol. The first kappa shape index (κ1) is 11.7. The van der Waals surface area contributed by atoms with Gasteiger partial charge in [0, 0.05) is 26.7 Å². The van der Waals surface area contributed by atoms with Crippen molar-refractivity contribution in [3.8, 4) is 6.07 Å². The van der Waals surface area contributed by atoms with Crippen LogP contribution >= 0.6 is 0 Å². The van der Waals surface area contributed by atoms with E-state index in [1.807, 2.05) is 19.9 Å². The van der Waals surface area contributed by atoms with Crippen molar-refractivity contribution in [1.29, 1.82) is 5.26 Å². The molecule has 0 amide bonds. The number of Topliss-reactive ketones (excluding diaryl/α,β-unsaturated/α-hetero) is 1. The first-order valence-corrected chi connectivity index (χ1v) is 4.29. The third-order valence-corrected chi connectivity index (χ3v) is 1.40. The highest BCUT2D eigenvalue weighted by Crippen LogP contribution is 2.06. The van der Waals surface area contributed by atoms with Gasteiger partial charge in [-0.25, -0.2) is 0 Å². The number of rotatable bonds is 4. The SMILES string of the molecule is CC(C)CC(=O)C(C#N)=CN(C)C. The Bertz CT molecular complexity index is 246. The zero-order valence-corrected chi connectivity index (χ0v) is 8.66. The van der Waals surface area contributed by atoms with Crippen molar-refractivity contribution in [3.63, 3.8) is 0 Å². The van der Waals surface area contributed by atoms with Crippen LogP contribution in [0.3, 0.4) is 0 Å². The molecule has 0 aromatic carbocycles. The maximum atomic E-state index is 11.4. The summed E-state index contributed by atoms with van der Waals surface area (Å²) in [7, 11) is 3.58. The summed E-state index contributed by atoms with van der Waals surface area (Å²) in [4.78, 5) is 13.1. The second-order valence-electron chi connectivity index (χ2n) is 3.64. The van der Waals surface area contributed by atoms with Crippen molar-refractivity contribution < 1.29 is 4.79 Å². The van der Waals surface area contributed by atoms with Crippen molar-refractivity contribution in [1.82, 2.24) is 4.90 Å². The Balaban J connectivity index is 4.44. The summed E-state index contributed by atoms with van der Waals surface area (Å²) in [5.74, 6) is 0.220. The van der Waals surface area contributed by atoms with E-state index in [9.17, 15) is 4.79 Å². The molecule has 0 aliphatic heterocycles. The van der Waals surface area contributed by atoms with E-state index in [2.05, 4.69) is 0 Å². The molecule has 13 heavy (non-hydrogen) atoms. The van der Waals surface area contributed by atoms with Crippen LogP contribution in [-0.4, -0.2) is 24.8 Å². The molecule has 0 aliphatic carbocycles. The van der Waals surface area contributed by atoms with Crippen LogP contribution in [0.4, 0.5) is 0 Å². The summed E-state index contributed by atoms with van der Waals surface area (Å²) < 4.78 is 0. The summed E-state index contributed by atoms with van der Waals surface area (Å²) in [6, 6.07) is 1.91. The summed E-state index contributed by atoms with van der Waals surface area (Å²) in [5.41, 5.74) is 0.235. The molecule has 0 saturated carbocycles. The first-order valence-electron chi connectivity index (χ1n) is 4.29. The highest BCUT2D eigenvalue weighted by Gasteiger charge is 2.10. The Kier molecular flexibility index (Phi) is 4.83. The fourth-order valence-electron chi connectivity index (χ4n) is 0.902. The van der Waals surface area contributed by atoms with Crippen LogP contribution in [0, 0.1) is 17.2 Å². The molecular formula is C10H16N2O. The molecule has 0 rings (SSSR count). The van der Waals surface area contributed by atoms with E-state index in [1.54, 1.807) is 25.2 Å². The minimum absolute atomic E-state index is 0.0776. The molecule has 0 fully saturated rings. The van der Waals surface area contributed by atoms with E-state index in [1.165, 1.54) is 0 Å². The number of carbonyl (C=O) groups is 1. The zero-order valence-electron chi connectivity index (χ0n) is 8.66. The monoisotopic (exact) mass is 180 g/mol. The predicted molar refractivity (Wildman–Crippen MR) is 51.8 cm³/mol. The molecule has 0 heterocycles. The van der Waals surface area contributed by atoms with Gasteiger partial charge in [0.1, 0.15) is 11.6 Å². The van der Waals surface area contributed by atoms with Crippen molar-refractivity contribution in [2.75, 3.05) is 14.1 Å². The lowest BCUT2D eigenvalue weighted by Gasteiger charge is -2.06. The van der Waals surface area contributed by atoms with E-state index in [4.69, 9.17) is 5.26 Å². The minimum Gasteiger partial charge on any atom is -0.382 e. The Hall–Kier alpha value is -1.30. The number of ketones is 1. The van der Waals surface area contributed by atoms with Gasteiger partial charge in [0.15, 0.2) is 5.78 Å². The maximum Gasteiger partial charge on any atom is 0.175 e. The molecule has 0 radical (unpaired) electrons. The molecule has 0 bridgehead atoms. The Labute approximate surface area is 79.6 Å². The third-order valence-electron chi connectivity index (χ3n) is 1.40. The molecule has 72 valence electrons. The predicted octanol–water partition coefficient (Wildman–Crippen LogP) is 1.57. The highest BCUT2D eigenvalue weighted by atomic mass is 16.1. The number of hydrogen-bond donors (Lipinski definition) is 0. The van der Waals surface area contributed by atoms with E-state index >= 15 is 0 Å². The Morgan fingerprint density at radius 1 is 1.54 bits per heavy atom. The summed E-state index contributed by atoms with van der Waals surface area (Å²) in [6.07, 6.45) is 2.00. The average molecular weight is 180 g/mol. The number of carbonyl (C=O) groups excluding carboxylic acids is 1. The molecule has 3 nitrogen and oxygen atoms in total. The summed E-state index contributed by atoms with van der Waals surface area (Å²) >= 11 is 0. The fraction of sp³-hybridized carbons (Fsp3) is 0.600. The molecule has 0 aliphatic rings. The van der Waals surface area contributed by atoms with Gasteiger partial charge < -0.3 is 4.90 Å². The number of nitrogens with zero attached hydrogens (tertiary/aromatic N) is 2. The topological polar surface area (TPSA) is 44.1 Å². The lowest BCUT2D eigenvalue weighted by atomic mass is 10.0. The van der Waals surface area contributed by atoms with Gasteiger partial charge in [0.05, 0.1) is 0 Å². The second kappa shape index (κ2) is 5.36. The van der Waals surface area contributed by atoms with Crippen molar-refractivity contribution in [2.45, 2.75) is 20.3 Å². The number of nitriles is 1. The minimum atomic E-state index is -0.0776. The highest BCUT2D eigenvalue weighted by molar-refractivity contribution is 5.98. The molecule has 0 aromatic rings. The van der Waals surface area contributed by atoms with Crippen molar-refractivity contribution in [3.05, 3.63) is 11.8 Å². The Morgan fingerprint density at radius 3 is 2.38 bits per heavy atom. The molecule has 0 N–H and O–H groups in total. The van der Waals surface area contributed by atoms with Gasteiger partial charge >= 0.3 is 0 Å². The molecule has 0 spiro atoms. The Morgan fingerprint density at radius 2 is 2.08 bits per heavy atom. The normalized spacial score (nSPS) is 11.2. The van der Waals surface area contributed by atoms with Crippen molar-refractivity contribution >= 4 is 5.78 Å². The molecule has 0 atom stereocenters. The first-order chi connectivity index (χ1) is 5.97. The van der Waals surface area contributed by atoms with E-state index < -0.39 is 0 Å². The van der Waals surface area contributed by atoms with Gasteiger partial charge in [-0.1, -0.05) is 13.8 Å². The van der Waals surface area contributed by atoms with Crippen LogP contribution in [0.1, 0.15) is 20.3 Å². The second-order valence-corrected chi connectivity index (χ2v) is 3.64. The number of allylic oxidation sites excluding steroid dienone is 1. The molecule has 0 saturated heterocycles. The van der Waals surface area contributed by atoms with Crippen LogP contribution in [-0.2, 0) is 4.79 Å². The molecule has 0 aromatic heterocycles. The van der Waals surface area contributed by atoms with E-state index in [-0.39, 0.29) is 11.4 Å². The van der Waals surface area contributed by atoms with Gasteiger partial charge in [0.2, 0.25) is 0 Å². The smallest absolute Gasteiger partial charge is 0.175 e. The van der Waals surface area contributed by atoms with E-state index in [0.29, 0.717) is 12.3 Å². The zero-order chi connectivity index (χ0) is 10.4. The van der Waals surface area contributed by atoms with Crippen molar-refractivity contribution in [2.24, 2.45) is 5.92 Å². The van der Waals surface area contributed by atoms with Crippen LogP contribution in [0.25, 0.3) is 0 Å². The fourth-order valence-corrected chi connectivity index (χ4v) is 0.902. The van der Waals surface area contributed by atoms with Crippen LogP contribution in [0.5, 0.6) is 0 Å². The molecule has 3 heteroatoms. The van der Waals surface area contributed by atoms with Crippen LogP contribution < -0.4 is 0 Å². The standard InChI is InChI=1S/C10H16N2O/c1-8(2)5-10(13)9(6-11)7-12(3)4/h7-8H,5H2,1-4H3. The average Bonchev–Trinajstić information content (AvgIpc) is 1.98.